The first-order valence-corrected chi connectivity index (χ1v) is 5.58. The van der Waals surface area contributed by atoms with E-state index in [1.165, 1.54) is 29.8 Å². The molecule has 0 amide bonds. The van der Waals surface area contributed by atoms with Crippen LogP contribution in [0.2, 0.25) is 0 Å². The molecule has 1 aromatic heterocycles. The summed E-state index contributed by atoms with van der Waals surface area (Å²) in [6.07, 6.45) is 3.64. The lowest BCUT2D eigenvalue weighted by Crippen LogP contribution is -2.26. The van der Waals surface area contributed by atoms with Gasteiger partial charge in [0.05, 0.1) is 5.69 Å². The van der Waals surface area contributed by atoms with Crippen LogP contribution in [0.1, 0.15) is 35.7 Å². The molecular formula is C10H13N3S. The molecule has 0 radical (unpaired) electrons. The van der Waals surface area contributed by atoms with Crippen LogP contribution in [0.5, 0.6) is 0 Å². The number of aromatic nitrogens is 2. The molecule has 2 N–H and O–H groups in total. The number of fused-ring (bicyclic) bond motifs is 1. The van der Waals surface area contributed by atoms with Crippen molar-refractivity contribution in [2.75, 3.05) is 6.54 Å². The van der Waals surface area contributed by atoms with Crippen molar-refractivity contribution in [2.45, 2.75) is 31.7 Å². The molecule has 2 heterocycles. The first-order valence-electron chi connectivity index (χ1n) is 5.17. The third-order valence-corrected chi connectivity index (χ3v) is 3.16. The summed E-state index contributed by atoms with van der Waals surface area (Å²) in [4.78, 5) is 7.68. The van der Waals surface area contributed by atoms with Crippen molar-refractivity contribution >= 4 is 12.2 Å². The van der Waals surface area contributed by atoms with Gasteiger partial charge in [-0.25, -0.2) is 4.98 Å². The van der Waals surface area contributed by atoms with Gasteiger partial charge in [0.2, 0.25) is 0 Å². The van der Waals surface area contributed by atoms with E-state index in [9.17, 15) is 0 Å². The van der Waals surface area contributed by atoms with Gasteiger partial charge in [0, 0.05) is 36.7 Å². The largest absolute Gasteiger partial charge is 0.334 e. The molecule has 0 spiro atoms. The number of rotatable bonds is 1. The topological polar surface area (TPSA) is 40.7 Å². The molecule has 74 valence electrons. The maximum absolute atomic E-state index is 5.14. The molecule has 0 unspecified atom stereocenters. The fourth-order valence-corrected chi connectivity index (χ4v) is 2.32. The van der Waals surface area contributed by atoms with E-state index in [2.05, 4.69) is 15.3 Å². The quantitative estimate of drug-likeness (QED) is 0.688. The molecule has 3 nitrogen and oxygen atoms in total. The summed E-state index contributed by atoms with van der Waals surface area (Å²) in [6.45, 7) is 2.01. The van der Waals surface area contributed by atoms with E-state index in [0.717, 1.165) is 19.5 Å². The minimum atomic E-state index is 0.660. The molecule has 3 rings (SSSR count). The average molecular weight is 207 g/mol. The van der Waals surface area contributed by atoms with Gasteiger partial charge >= 0.3 is 0 Å². The number of hydrogen-bond donors (Lipinski definition) is 2. The lowest BCUT2D eigenvalue weighted by Gasteiger charge is -2.19. The molecule has 0 bridgehead atoms. The molecule has 0 aromatic carbocycles. The Morgan fingerprint density at radius 1 is 1.36 bits per heavy atom. The highest BCUT2D eigenvalue weighted by molar-refractivity contribution is 7.71. The fourth-order valence-electron chi connectivity index (χ4n) is 2.10. The van der Waals surface area contributed by atoms with Crippen molar-refractivity contribution in [1.82, 2.24) is 15.3 Å². The molecule has 1 aromatic rings. The Morgan fingerprint density at radius 2 is 2.21 bits per heavy atom. The van der Waals surface area contributed by atoms with E-state index in [1.54, 1.807) is 0 Å². The van der Waals surface area contributed by atoms with Gasteiger partial charge in [0.15, 0.2) is 4.77 Å². The van der Waals surface area contributed by atoms with E-state index in [1.807, 2.05) is 0 Å². The molecular weight excluding hydrogens is 194 g/mol. The minimum Gasteiger partial charge on any atom is -0.334 e. The second-order valence-corrected chi connectivity index (χ2v) is 4.47. The van der Waals surface area contributed by atoms with Gasteiger partial charge in [-0.05, 0) is 25.1 Å². The van der Waals surface area contributed by atoms with Gasteiger partial charge in [0.1, 0.15) is 0 Å². The minimum absolute atomic E-state index is 0.660. The number of H-pyrrole nitrogens is 1. The Balaban J connectivity index is 2.16. The van der Waals surface area contributed by atoms with Crippen molar-refractivity contribution in [1.29, 1.82) is 0 Å². The van der Waals surface area contributed by atoms with Gasteiger partial charge < -0.3 is 10.3 Å². The summed E-state index contributed by atoms with van der Waals surface area (Å²) < 4.78 is 0.660. The fraction of sp³-hybridized carbons (Fsp3) is 0.600. The van der Waals surface area contributed by atoms with Crippen molar-refractivity contribution in [3.63, 3.8) is 0 Å². The Labute approximate surface area is 88.0 Å². The van der Waals surface area contributed by atoms with Crippen molar-refractivity contribution in [2.24, 2.45) is 0 Å². The van der Waals surface area contributed by atoms with Crippen molar-refractivity contribution in [3.8, 4) is 0 Å². The summed E-state index contributed by atoms with van der Waals surface area (Å²) in [5.74, 6) is 0.694. The van der Waals surface area contributed by atoms with Crippen molar-refractivity contribution < 1.29 is 0 Å². The Hall–Kier alpha value is -0.740. The second-order valence-electron chi connectivity index (χ2n) is 4.09. The highest BCUT2D eigenvalue weighted by Crippen LogP contribution is 2.41. The lowest BCUT2D eigenvalue weighted by molar-refractivity contribution is 0.614. The van der Waals surface area contributed by atoms with Crippen LogP contribution in [0.15, 0.2) is 0 Å². The molecule has 1 fully saturated rings. The Kier molecular flexibility index (Phi) is 1.92. The number of nitrogens with zero attached hydrogens (tertiary/aromatic N) is 1. The molecule has 14 heavy (non-hydrogen) atoms. The second kappa shape index (κ2) is 3.14. The van der Waals surface area contributed by atoms with Crippen LogP contribution in [0, 0.1) is 4.77 Å². The van der Waals surface area contributed by atoms with Crippen LogP contribution < -0.4 is 5.32 Å². The molecule has 2 aliphatic rings. The SMILES string of the molecule is S=c1nc(C2CC2)c2c([nH]1)CCNC2. The van der Waals surface area contributed by atoms with Gasteiger partial charge in [-0.2, -0.15) is 0 Å². The summed E-state index contributed by atoms with van der Waals surface area (Å²) in [5.41, 5.74) is 3.95. The van der Waals surface area contributed by atoms with E-state index in [4.69, 9.17) is 12.2 Å². The zero-order valence-corrected chi connectivity index (χ0v) is 8.78. The van der Waals surface area contributed by atoms with Crippen LogP contribution >= 0.6 is 12.2 Å². The highest BCUT2D eigenvalue weighted by Gasteiger charge is 2.29. The van der Waals surface area contributed by atoms with Gasteiger partial charge in [0.25, 0.3) is 0 Å². The first-order chi connectivity index (χ1) is 6.84. The molecule has 4 heteroatoms. The lowest BCUT2D eigenvalue weighted by atomic mass is 10.0. The zero-order chi connectivity index (χ0) is 9.54. The van der Waals surface area contributed by atoms with Crippen molar-refractivity contribution in [3.05, 3.63) is 21.7 Å². The van der Waals surface area contributed by atoms with Crippen LogP contribution in [0.3, 0.4) is 0 Å². The molecule has 1 aliphatic heterocycles. The summed E-state index contributed by atoms with van der Waals surface area (Å²) in [7, 11) is 0. The Bertz CT molecular complexity index is 420. The normalized spacial score (nSPS) is 20.6. The van der Waals surface area contributed by atoms with E-state index >= 15 is 0 Å². The standard InChI is InChI=1S/C10H13N3S/c14-10-12-8-3-4-11-5-7(8)9(13-10)6-1-2-6/h6,11H,1-5H2,(H,12,13,14). The third-order valence-electron chi connectivity index (χ3n) is 2.97. The van der Waals surface area contributed by atoms with Gasteiger partial charge in [-0.15, -0.1) is 0 Å². The predicted octanol–water partition coefficient (Wildman–Crippen LogP) is 1.66. The zero-order valence-electron chi connectivity index (χ0n) is 7.97. The van der Waals surface area contributed by atoms with Gasteiger partial charge in [-0.3, -0.25) is 0 Å². The third kappa shape index (κ3) is 1.38. The number of aromatic amines is 1. The monoisotopic (exact) mass is 207 g/mol. The molecule has 1 aliphatic carbocycles. The maximum Gasteiger partial charge on any atom is 0.197 e. The number of nitrogens with one attached hydrogen (secondary N) is 2. The highest BCUT2D eigenvalue weighted by atomic mass is 32.1. The van der Waals surface area contributed by atoms with E-state index < -0.39 is 0 Å². The first kappa shape index (κ1) is 8.56. The summed E-state index contributed by atoms with van der Waals surface area (Å²) >= 11 is 5.14. The van der Waals surface area contributed by atoms with E-state index in [0.29, 0.717) is 10.7 Å². The Morgan fingerprint density at radius 3 is 3.00 bits per heavy atom. The smallest absolute Gasteiger partial charge is 0.197 e. The predicted molar refractivity (Wildman–Crippen MR) is 56.8 cm³/mol. The maximum atomic E-state index is 5.14. The van der Waals surface area contributed by atoms with Crippen LogP contribution in [0.4, 0.5) is 0 Å². The molecule has 0 atom stereocenters. The van der Waals surface area contributed by atoms with Crippen LogP contribution in [0.25, 0.3) is 0 Å². The van der Waals surface area contributed by atoms with E-state index in [-0.39, 0.29) is 0 Å². The number of hydrogen-bond acceptors (Lipinski definition) is 3. The van der Waals surface area contributed by atoms with Crippen LogP contribution in [-0.4, -0.2) is 16.5 Å². The molecule has 1 saturated carbocycles. The molecule has 0 saturated heterocycles. The average Bonchev–Trinajstić information content (AvgIpc) is 2.99. The van der Waals surface area contributed by atoms with Gasteiger partial charge in [-0.1, -0.05) is 0 Å². The summed E-state index contributed by atoms with van der Waals surface area (Å²) in [6, 6.07) is 0. The summed E-state index contributed by atoms with van der Waals surface area (Å²) in [5, 5.41) is 3.39. The van der Waals surface area contributed by atoms with Crippen LogP contribution in [-0.2, 0) is 13.0 Å².